The Morgan fingerprint density at radius 1 is 1.09 bits per heavy atom. The van der Waals surface area contributed by atoms with Crippen molar-refractivity contribution in [3.05, 3.63) is 105 Å². The summed E-state index contributed by atoms with van der Waals surface area (Å²) in [6, 6.07) is 22.4. The SMILES string of the molecule is N#C/C(=C/c1cn(CC(=O)Nc2ccc(Cl)cc2)c2ccccc12)c1ccc([N+](=O)[O-])cc1. The lowest BCUT2D eigenvalue weighted by Gasteiger charge is -2.07. The first kappa shape index (κ1) is 21.8. The second kappa shape index (κ2) is 9.39. The van der Waals surface area contributed by atoms with Crippen molar-refractivity contribution in [2.24, 2.45) is 0 Å². The van der Waals surface area contributed by atoms with Crippen molar-refractivity contribution in [2.75, 3.05) is 5.32 Å². The zero-order valence-corrected chi connectivity index (χ0v) is 18.0. The first-order chi connectivity index (χ1) is 15.9. The van der Waals surface area contributed by atoms with Crippen molar-refractivity contribution in [1.29, 1.82) is 5.26 Å². The Balaban J connectivity index is 1.64. The molecule has 8 heteroatoms. The molecular weight excluding hydrogens is 440 g/mol. The molecular formula is C25H17ClN4O3. The quantitative estimate of drug-likeness (QED) is 0.221. The van der Waals surface area contributed by atoms with E-state index in [4.69, 9.17) is 11.6 Å². The lowest BCUT2D eigenvalue weighted by Crippen LogP contribution is -2.18. The molecule has 0 aliphatic rings. The van der Waals surface area contributed by atoms with Crippen LogP contribution < -0.4 is 5.32 Å². The third kappa shape index (κ3) is 4.92. The maximum atomic E-state index is 12.6. The number of non-ortho nitro benzene ring substituents is 1. The van der Waals surface area contributed by atoms with Crippen LogP contribution in [0.5, 0.6) is 0 Å². The molecule has 33 heavy (non-hydrogen) atoms. The predicted molar refractivity (Wildman–Crippen MR) is 129 cm³/mol. The number of fused-ring (bicyclic) bond motifs is 1. The van der Waals surface area contributed by atoms with Gasteiger partial charge in [0.05, 0.1) is 16.6 Å². The number of nitro benzene ring substituents is 1. The topological polar surface area (TPSA) is 101 Å². The maximum Gasteiger partial charge on any atom is 0.269 e. The molecule has 1 N–H and O–H groups in total. The molecule has 4 rings (SSSR count). The number of nitrogens with zero attached hydrogens (tertiary/aromatic N) is 3. The molecule has 4 aromatic rings. The lowest BCUT2D eigenvalue weighted by molar-refractivity contribution is -0.384. The Labute approximate surface area is 194 Å². The number of nitrogens with one attached hydrogen (secondary N) is 1. The molecule has 0 bridgehead atoms. The van der Waals surface area contributed by atoms with Gasteiger partial charge < -0.3 is 9.88 Å². The summed E-state index contributed by atoms with van der Waals surface area (Å²) in [7, 11) is 0. The van der Waals surface area contributed by atoms with Gasteiger partial charge in [0.15, 0.2) is 0 Å². The molecule has 0 radical (unpaired) electrons. The van der Waals surface area contributed by atoms with Crippen LogP contribution in [-0.2, 0) is 11.3 Å². The van der Waals surface area contributed by atoms with Gasteiger partial charge in [0, 0.05) is 45.5 Å². The number of aromatic nitrogens is 1. The summed E-state index contributed by atoms with van der Waals surface area (Å²) in [5.41, 5.74) is 3.14. The van der Waals surface area contributed by atoms with E-state index in [0.717, 1.165) is 16.5 Å². The van der Waals surface area contributed by atoms with Gasteiger partial charge in [-0.25, -0.2) is 0 Å². The first-order valence-corrected chi connectivity index (χ1v) is 10.3. The van der Waals surface area contributed by atoms with Crippen molar-refractivity contribution in [2.45, 2.75) is 6.54 Å². The number of rotatable bonds is 6. The van der Waals surface area contributed by atoms with Crippen LogP contribution in [0.25, 0.3) is 22.6 Å². The van der Waals surface area contributed by atoms with E-state index in [0.29, 0.717) is 21.8 Å². The predicted octanol–water partition coefficient (Wildman–Crippen LogP) is 5.91. The number of nitriles is 1. The average Bonchev–Trinajstić information content (AvgIpc) is 3.16. The van der Waals surface area contributed by atoms with Crippen LogP contribution in [0.3, 0.4) is 0 Å². The minimum atomic E-state index is -0.484. The summed E-state index contributed by atoms with van der Waals surface area (Å²) in [5.74, 6) is -0.204. The first-order valence-electron chi connectivity index (χ1n) is 9.94. The number of hydrogen-bond donors (Lipinski definition) is 1. The normalized spacial score (nSPS) is 11.2. The number of allylic oxidation sites excluding steroid dienone is 1. The Hall–Kier alpha value is -4.41. The minimum Gasteiger partial charge on any atom is -0.337 e. The van der Waals surface area contributed by atoms with Gasteiger partial charge in [0.25, 0.3) is 5.69 Å². The molecule has 0 aliphatic heterocycles. The number of carbonyl (C=O) groups is 1. The Kier molecular flexibility index (Phi) is 6.20. The molecule has 1 aromatic heterocycles. The smallest absolute Gasteiger partial charge is 0.269 e. The van der Waals surface area contributed by atoms with Crippen LogP contribution in [0.4, 0.5) is 11.4 Å². The molecule has 0 spiro atoms. The molecule has 0 unspecified atom stereocenters. The summed E-state index contributed by atoms with van der Waals surface area (Å²) in [4.78, 5) is 23.0. The maximum absolute atomic E-state index is 12.6. The number of para-hydroxylation sites is 1. The Morgan fingerprint density at radius 2 is 1.79 bits per heavy atom. The van der Waals surface area contributed by atoms with Crippen LogP contribution in [0.15, 0.2) is 79.0 Å². The van der Waals surface area contributed by atoms with E-state index >= 15 is 0 Å². The molecule has 0 atom stereocenters. The van der Waals surface area contributed by atoms with Crippen molar-refractivity contribution in [3.63, 3.8) is 0 Å². The average molecular weight is 457 g/mol. The largest absolute Gasteiger partial charge is 0.337 e. The van der Waals surface area contributed by atoms with E-state index in [2.05, 4.69) is 11.4 Å². The minimum absolute atomic E-state index is 0.0423. The number of amides is 1. The molecule has 1 amide bonds. The highest BCUT2D eigenvalue weighted by Crippen LogP contribution is 2.27. The lowest BCUT2D eigenvalue weighted by atomic mass is 10.0. The van der Waals surface area contributed by atoms with Crippen molar-refractivity contribution < 1.29 is 9.72 Å². The molecule has 0 aliphatic carbocycles. The fourth-order valence-electron chi connectivity index (χ4n) is 3.51. The number of anilines is 1. The van der Waals surface area contributed by atoms with Gasteiger partial charge in [0.2, 0.25) is 5.91 Å². The summed E-state index contributed by atoms with van der Waals surface area (Å²) in [5, 5.41) is 24.9. The third-order valence-electron chi connectivity index (χ3n) is 5.07. The monoisotopic (exact) mass is 456 g/mol. The highest BCUT2D eigenvalue weighted by molar-refractivity contribution is 6.30. The van der Waals surface area contributed by atoms with Crippen LogP contribution in [-0.4, -0.2) is 15.4 Å². The van der Waals surface area contributed by atoms with E-state index < -0.39 is 4.92 Å². The van der Waals surface area contributed by atoms with Gasteiger partial charge in [-0.1, -0.05) is 29.8 Å². The number of hydrogen-bond acceptors (Lipinski definition) is 4. The van der Waals surface area contributed by atoms with E-state index in [9.17, 15) is 20.2 Å². The molecule has 0 saturated carbocycles. The summed E-state index contributed by atoms with van der Waals surface area (Å²) in [6.07, 6.45) is 3.53. The molecule has 3 aromatic carbocycles. The number of benzene rings is 3. The fourth-order valence-corrected chi connectivity index (χ4v) is 3.63. The van der Waals surface area contributed by atoms with Crippen LogP contribution in [0.1, 0.15) is 11.1 Å². The zero-order valence-electron chi connectivity index (χ0n) is 17.2. The second-order valence-electron chi connectivity index (χ2n) is 7.26. The number of halogens is 1. The third-order valence-corrected chi connectivity index (χ3v) is 5.32. The van der Waals surface area contributed by atoms with E-state index in [-0.39, 0.29) is 18.1 Å². The van der Waals surface area contributed by atoms with Gasteiger partial charge in [-0.3, -0.25) is 14.9 Å². The van der Waals surface area contributed by atoms with Crippen LogP contribution in [0, 0.1) is 21.4 Å². The van der Waals surface area contributed by atoms with Crippen molar-refractivity contribution in [1.82, 2.24) is 4.57 Å². The highest BCUT2D eigenvalue weighted by Gasteiger charge is 2.12. The van der Waals surface area contributed by atoms with E-state index in [1.807, 2.05) is 35.0 Å². The van der Waals surface area contributed by atoms with Crippen molar-refractivity contribution >= 4 is 51.4 Å². The Morgan fingerprint density at radius 3 is 2.45 bits per heavy atom. The molecule has 7 nitrogen and oxygen atoms in total. The van der Waals surface area contributed by atoms with E-state index in [1.54, 1.807) is 42.5 Å². The van der Waals surface area contributed by atoms with Crippen molar-refractivity contribution in [3.8, 4) is 6.07 Å². The Bertz CT molecular complexity index is 1420. The van der Waals surface area contributed by atoms with Gasteiger partial charge in [-0.05, 0) is 54.1 Å². The summed E-state index contributed by atoms with van der Waals surface area (Å²) >= 11 is 5.89. The second-order valence-corrected chi connectivity index (χ2v) is 7.69. The number of nitro groups is 1. The molecule has 162 valence electrons. The standard InChI is InChI=1S/C25H17ClN4O3/c26-20-7-9-21(10-8-20)28-25(31)16-29-15-19(23-3-1-2-4-24(23)29)13-18(14-27)17-5-11-22(12-6-17)30(32)33/h1-13,15H,16H2,(H,28,31)/b18-13-. The van der Waals surface area contributed by atoms with E-state index in [1.165, 1.54) is 12.1 Å². The molecule has 1 heterocycles. The number of carbonyl (C=O) groups excluding carboxylic acids is 1. The van der Waals surface area contributed by atoms with Crippen LogP contribution in [0.2, 0.25) is 5.02 Å². The summed E-state index contributed by atoms with van der Waals surface area (Å²) < 4.78 is 1.82. The fraction of sp³-hybridized carbons (Fsp3) is 0.0400. The van der Waals surface area contributed by atoms with Crippen LogP contribution >= 0.6 is 11.6 Å². The highest BCUT2D eigenvalue weighted by atomic mass is 35.5. The van der Waals surface area contributed by atoms with Gasteiger partial charge in [0.1, 0.15) is 6.54 Å². The van der Waals surface area contributed by atoms with Gasteiger partial charge in [-0.15, -0.1) is 0 Å². The van der Waals surface area contributed by atoms with Gasteiger partial charge in [-0.2, -0.15) is 5.26 Å². The molecule has 0 fully saturated rings. The zero-order chi connectivity index (χ0) is 23.4. The summed E-state index contributed by atoms with van der Waals surface area (Å²) in [6.45, 7) is 0.0798. The molecule has 0 saturated heterocycles. The van der Waals surface area contributed by atoms with Gasteiger partial charge >= 0.3 is 0 Å².